The van der Waals surface area contributed by atoms with Crippen LogP contribution in [0.2, 0.25) is 0 Å². The van der Waals surface area contributed by atoms with E-state index in [1.165, 1.54) is 0 Å². The highest BCUT2D eigenvalue weighted by Gasteiger charge is 2.13. The lowest BCUT2D eigenvalue weighted by Crippen LogP contribution is -2.39. The number of carbonyl (C=O) groups excluding carboxylic acids is 1. The van der Waals surface area contributed by atoms with Gasteiger partial charge in [0.15, 0.2) is 0 Å². The van der Waals surface area contributed by atoms with E-state index in [1.807, 2.05) is 19.2 Å². The van der Waals surface area contributed by atoms with Crippen molar-refractivity contribution in [2.24, 2.45) is 5.73 Å². The standard InChI is InChI=1S/C11H20N4O2/c1-9(8-15-5-3-4-13-15)14-11(16)6-10(7-12)17-2/h3-5,9-10H,6-8,12H2,1-2H3,(H,14,16). The minimum absolute atomic E-state index is 0.0256. The third-order valence-electron chi connectivity index (χ3n) is 2.44. The summed E-state index contributed by atoms with van der Waals surface area (Å²) in [6.07, 6.45) is 3.65. The van der Waals surface area contributed by atoms with Gasteiger partial charge in [-0.1, -0.05) is 0 Å². The van der Waals surface area contributed by atoms with Gasteiger partial charge in [-0.2, -0.15) is 5.10 Å². The zero-order chi connectivity index (χ0) is 12.7. The second kappa shape index (κ2) is 7.03. The molecule has 0 aliphatic heterocycles. The Morgan fingerprint density at radius 3 is 2.94 bits per heavy atom. The van der Waals surface area contributed by atoms with Gasteiger partial charge >= 0.3 is 0 Å². The fourth-order valence-corrected chi connectivity index (χ4v) is 1.54. The molecule has 0 aromatic carbocycles. The van der Waals surface area contributed by atoms with Gasteiger partial charge in [0.2, 0.25) is 5.91 Å². The van der Waals surface area contributed by atoms with Crippen LogP contribution >= 0.6 is 0 Å². The van der Waals surface area contributed by atoms with Gasteiger partial charge < -0.3 is 15.8 Å². The molecule has 0 fully saturated rings. The van der Waals surface area contributed by atoms with Crippen molar-refractivity contribution in [3.63, 3.8) is 0 Å². The molecular formula is C11H20N4O2. The van der Waals surface area contributed by atoms with Gasteiger partial charge in [0, 0.05) is 32.1 Å². The third-order valence-corrected chi connectivity index (χ3v) is 2.44. The summed E-state index contributed by atoms with van der Waals surface area (Å²) in [6.45, 7) is 2.93. The van der Waals surface area contributed by atoms with Crippen molar-refractivity contribution in [1.82, 2.24) is 15.1 Å². The molecule has 1 rings (SSSR count). The van der Waals surface area contributed by atoms with Crippen LogP contribution in [0.1, 0.15) is 13.3 Å². The normalized spacial score (nSPS) is 14.3. The van der Waals surface area contributed by atoms with Crippen LogP contribution in [0.25, 0.3) is 0 Å². The summed E-state index contributed by atoms with van der Waals surface area (Å²) in [4.78, 5) is 11.6. The predicted molar refractivity (Wildman–Crippen MR) is 64.3 cm³/mol. The van der Waals surface area contributed by atoms with E-state index in [1.54, 1.807) is 18.0 Å². The molecular weight excluding hydrogens is 220 g/mol. The molecule has 0 spiro atoms. The zero-order valence-corrected chi connectivity index (χ0v) is 10.3. The maximum atomic E-state index is 11.6. The Morgan fingerprint density at radius 1 is 1.65 bits per heavy atom. The number of nitrogens with two attached hydrogens (primary N) is 1. The fraction of sp³-hybridized carbons (Fsp3) is 0.636. The quantitative estimate of drug-likeness (QED) is 0.688. The third kappa shape index (κ3) is 4.97. The molecule has 6 nitrogen and oxygen atoms in total. The van der Waals surface area contributed by atoms with E-state index < -0.39 is 0 Å². The van der Waals surface area contributed by atoms with Gasteiger partial charge in [-0.05, 0) is 13.0 Å². The van der Waals surface area contributed by atoms with Crippen LogP contribution in [-0.2, 0) is 16.1 Å². The maximum Gasteiger partial charge on any atom is 0.222 e. The van der Waals surface area contributed by atoms with Crippen LogP contribution in [0, 0.1) is 0 Å². The van der Waals surface area contributed by atoms with E-state index in [0.717, 1.165) is 0 Å². The van der Waals surface area contributed by atoms with Gasteiger partial charge in [0.05, 0.1) is 19.1 Å². The lowest BCUT2D eigenvalue weighted by molar-refractivity contribution is -0.124. The highest BCUT2D eigenvalue weighted by molar-refractivity contribution is 5.76. The molecule has 0 saturated carbocycles. The van der Waals surface area contributed by atoms with E-state index in [9.17, 15) is 4.79 Å². The summed E-state index contributed by atoms with van der Waals surface area (Å²) >= 11 is 0. The number of aromatic nitrogens is 2. The molecule has 2 atom stereocenters. The second-order valence-corrected chi connectivity index (χ2v) is 3.99. The summed E-state index contributed by atoms with van der Waals surface area (Å²) in [5.74, 6) is -0.0537. The van der Waals surface area contributed by atoms with Crippen molar-refractivity contribution in [2.45, 2.75) is 32.0 Å². The average Bonchev–Trinajstić information content (AvgIpc) is 2.78. The first kappa shape index (κ1) is 13.7. The van der Waals surface area contributed by atoms with E-state index >= 15 is 0 Å². The molecule has 1 heterocycles. The predicted octanol–water partition coefficient (Wildman–Crippen LogP) is -0.248. The molecule has 6 heteroatoms. The van der Waals surface area contributed by atoms with Crippen LogP contribution in [-0.4, -0.2) is 41.5 Å². The Hall–Kier alpha value is -1.40. The van der Waals surface area contributed by atoms with Gasteiger partial charge in [-0.15, -0.1) is 0 Å². The lowest BCUT2D eigenvalue weighted by atomic mass is 10.2. The molecule has 0 bridgehead atoms. The Labute approximate surface area is 101 Å². The molecule has 0 radical (unpaired) electrons. The summed E-state index contributed by atoms with van der Waals surface area (Å²) in [6, 6.07) is 1.88. The molecule has 3 N–H and O–H groups in total. The smallest absolute Gasteiger partial charge is 0.222 e. The van der Waals surface area contributed by atoms with Gasteiger partial charge in [0.1, 0.15) is 0 Å². The summed E-state index contributed by atoms with van der Waals surface area (Å²) < 4.78 is 6.83. The topological polar surface area (TPSA) is 82.2 Å². The Kier molecular flexibility index (Phi) is 5.65. The molecule has 0 aliphatic rings. The first-order valence-corrected chi connectivity index (χ1v) is 5.65. The van der Waals surface area contributed by atoms with Crippen molar-refractivity contribution in [3.8, 4) is 0 Å². The number of hydrogen-bond donors (Lipinski definition) is 2. The van der Waals surface area contributed by atoms with E-state index in [0.29, 0.717) is 13.1 Å². The number of nitrogens with one attached hydrogen (secondary N) is 1. The molecule has 1 aromatic heterocycles. The SMILES string of the molecule is COC(CN)CC(=O)NC(C)Cn1cccn1. The zero-order valence-electron chi connectivity index (χ0n) is 10.3. The first-order valence-electron chi connectivity index (χ1n) is 5.65. The van der Waals surface area contributed by atoms with Gasteiger partial charge in [-0.3, -0.25) is 9.48 Å². The van der Waals surface area contributed by atoms with Crippen molar-refractivity contribution in [3.05, 3.63) is 18.5 Å². The Bertz CT molecular complexity index is 322. The minimum Gasteiger partial charge on any atom is -0.380 e. The van der Waals surface area contributed by atoms with Crippen LogP contribution in [0.15, 0.2) is 18.5 Å². The molecule has 96 valence electrons. The minimum atomic E-state index is -0.216. The number of carbonyl (C=O) groups is 1. The molecule has 1 amide bonds. The molecule has 1 aromatic rings. The van der Waals surface area contributed by atoms with Gasteiger partial charge in [0.25, 0.3) is 0 Å². The monoisotopic (exact) mass is 240 g/mol. The highest BCUT2D eigenvalue weighted by Crippen LogP contribution is 1.97. The number of hydrogen-bond acceptors (Lipinski definition) is 4. The van der Waals surface area contributed by atoms with Crippen LogP contribution in [0.5, 0.6) is 0 Å². The van der Waals surface area contributed by atoms with Crippen molar-refractivity contribution in [2.75, 3.05) is 13.7 Å². The summed E-state index contributed by atoms with van der Waals surface area (Å²) in [7, 11) is 1.55. The molecule has 2 unspecified atom stereocenters. The van der Waals surface area contributed by atoms with Crippen molar-refractivity contribution in [1.29, 1.82) is 0 Å². The van der Waals surface area contributed by atoms with E-state index in [2.05, 4.69) is 10.4 Å². The van der Waals surface area contributed by atoms with Crippen molar-refractivity contribution >= 4 is 5.91 Å². The number of ether oxygens (including phenoxy) is 1. The van der Waals surface area contributed by atoms with Gasteiger partial charge in [-0.25, -0.2) is 0 Å². The summed E-state index contributed by atoms with van der Waals surface area (Å²) in [5.41, 5.74) is 5.45. The van der Waals surface area contributed by atoms with Crippen LogP contribution < -0.4 is 11.1 Å². The second-order valence-electron chi connectivity index (χ2n) is 3.99. The number of rotatable bonds is 7. The van der Waals surface area contributed by atoms with Crippen LogP contribution in [0.4, 0.5) is 0 Å². The lowest BCUT2D eigenvalue weighted by Gasteiger charge is -2.16. The first-order chi connectivity index (χ1) is 8.15. The average molecular weight is 240 g/mol. The summed E-state index contributed by atoms with van der Waals surface area (Å²) in [5, 5.41) is 6.96. The number of amides is 1. The van der Waals surface area contributed by atoms with E-state index in [-0.39, 0.29) is 24.5 Å². The molecule has 0 saturated heterocycles. The Morgan fingerprint density at radius 2 is 2.41 bits per heavy atom. The Balaban J connectivity index is 2.30. The van der Waals surface area contributed by atoms with E-state index in [4.69, 9.17) is 10.5 Å². The highest BCUT2D eigenvalue weighted by atomic mass is 16.5. The molecule has 17 heavy (non-hydrogen) atoms. The number of methoxy groups -OCH3 is 1. The fourth-order valence-electron chi connectivity index (χ4n) is 1.54. The van der Waals surface area contributed by atoms with Crippen LogP contribution in [0.3, 0.4) is 0 Å². The largest absolute Gasteiger partial charge is 0.380 e. The maximum absolute atomic E-state index is 11.6. The molecule has 0 aliphatic carbocycles. The van der Waals surface area contributed by atoms with Crippen molar-refractivity contribution < 1.29 is 9.53 Å². The number of nitrogens with zero attached hydrogens (tertiary/aromatic N) is 2.